The number of azo groups is 1. The van der Waals surface area contributed by atoms with E-state index in [-0.39, 0.29) is 5.92 Å². The van der Waals surface area contributed by atoms with E-state index in [1.54, 1.807) is 7.11 Å². The molecule has 1 unspecified atom stereocenters. The largest absolute Gasteiger partial charge is 0.600 e. The zero-order chi connectivity index (χ0) is 11.8. The van der Waals surface area contributed by atoms with Crippen molar-refractivity contribution < 1.29 is 9.60 Å². The quantitative estimate of drug-likeness (QED) is 0.636. The maximum absolute atomic E-state index is 11.1. The van der Waals surface area contributed by atoms with Crippen LogP contribution in [0.15, 0.2) is 29.5 Å². The number of benzene rings is 1. The van der Waals surface area contributed by atoms with Crippen molar-refractivity contribution in [1.82, 2.24) is 4.98 Å². The van der Waals surface area contributed by atoms with E-state index in [0.29, 0.717) is 13.1 Å². The molecule has 3 rings (SSSR count). The van der Waals surface area contributed by atoms with E-state index in [9.17, 15) is 5.21 Å². The number of rotatable bonds is 2. The van der Waals surface area contributed by atoms with Gasteiger partial charge in [-0.3, -0.25) is 0 Å². The zero-order valence-electron chi connectivity index (χ0n) is 9.51. The van der Waals surface area contributed by atoms with Crippen LogP contribution in [-0.2, 0) is 0 Å². The van der Waals surface area contributed by atoms with Crippen LogP contribution >= 0.6 is 0 Å². The second kappa shape index (κ2) is 3.76. The number of nitrogens with zero attached hydrogens (tertiary/aromatic N) is 2. The van der Waals surface area contributed by atoms with Crippen LogP contribution in [0.3, 0.4) is 0 Å². The van der Waals surface area contributed by atoms with Gasteiger partial charge in [-0.15, -0.1) is 0 Å². The van der Waals surface area contributed by atoms with Gasteiger partial charge in [0.2, 0.25) is 0 Å². The van der Waals surface area contributed by atoms with Crippen molar-refractivity contribution in [3.63, 3.8) is 0 Å². The number of hydrogen-bond acceptors (Lipinski definition) is 3. The molecule has 0 fully saturated rings. The average Bonchev–Trinajstić information content (AvgIpc) is 2.93. The monoisotopic (exact) mass is 231 g/mol. The van der Waals surface area contributed by atoms with Crippen molar-refractivity contribution in [3.05, 3.63) is 35.2 Å². The van der Waals surface area contributed by atoms with E-state index in [1.807, 2.05) is 24.4 Å². The Morgan fingerprint density at radius 3 is 3.12 bits per heavy atom. The molecule has 0 radical (unpaired) electrons. The molecule has 0 aliphatic carbocycles. The minimum atomic E-state index is 0.174. The molecule has 0 saturated heterocycles. The number of methoxy groups -OCH3 is 1. The molecule has 0 bridgehead atoms. The molecule has 1 aliphatic rings. The van der Waals surface area contributed by atoms with Crippen molar-refractivity contribution in [1.29, 1.82) is 0 Å². The molecule has 5 heteroatoms. The Kier molecular flexibility index (Phi) is 2.24. The van der Waals surface area contributed by atoms with Crippen molar-refractivity contribution in [2.75, 3.05) is 20.2 Å². The molecule has 88 valence electrons. The van der Waals surface area contributed by atoms with Crippen molar-refractivity contribution in [2.45, 2.75) is 5.92 Å². The van der Waals surface area contributed by atoms with Gasteiger partial charge in [-0.25, -0.2) is 0 Å². The number of ether oxygens (including phenoxy) is 1. The lowest BCUT2D eigenvalue weighted by Crippen LogP contribution is -2.06. The fourth-order valence-corrected chi connectivity index (χ4v) is 2.28. The normalized spacial score (nSPS) is 19.6. The Labute approximate surface area is 98.3 Å². The van der Waals surface area contributed by atoms with Gasteiger partial charge in [0.15, 0.2) is 6.54 Å². The molecule has 17 heavy (non-hydrogen) atoms. The highest BCUT2D eigenvalue weighted by Crippen LogP contribution is 2.30. The Morgan fingerprint density at radius 1 is 1.53 bits per heavy atom. The van der Waals surface area contributed by atoms with Gasteiger partial charge >= 0.3 is 0 Å². The maximum atomic E-state index is 11.1. The van der Waals surface area contributed by atoms with Gasteiger partial charge in [-0.05, 0) is 28.9 Å². The van der Waals surface area contributed by atoms with E-state index in [2.05, 4.69) is 10.1 Å². The van der Waals surface area contributed by atoms with Gasteiger partial charge in [0.25, 0.3) is 0 Å². The predicted octanol–water partition coefficient (Wildman–Crippen LogP) is 2.24. The van der Waals surface area contributed by atoms with Gasteiger partial charge in [0.1, 0.15) is 12.3 Å². The molecule has 0 spiro atoms. The first-order valence-corrected chi connectivity index (χ1v) is 5.55. The number of H-pyrrole nitrogens is 1. The number of hydrogen-bond donors (Lipinski definition) is 1. The fraction of sp³-hybridized carbons (Fsp3) is 0.333. The zero-order valence-corrected chi connectivity index (χ0v) is 9.51. The summed E-state index contributed by atoms with van der Waals surface area (Å²) in [6, 6.07) is 5.90. The van der Waals surface area contributed by atoms with Crippen molar-refractivity contribution in [3.8, 4) is 5.75 Å². The highest BCUT2D eigenvalue weighted by atomic mass is 16.5. The molecule has 1 aromatic heterocycles. The van der Waals surface area contributed by atoms with Gasteiger partial charge < -0.3 is 14.9 Å². The van der Waals surface area contributed by atoms with E-state index in [0.717, 1.165) is 27.1 Å². The molecular weight excluding hydrogens is 218 g/mol. The standard InChI is InChI=1S/C12H13N3O2/c1-17-9-2-3-12-10(4-9)11(6-13-12)8-5-14-15(16)7-8/h2-4,6,8,13H,5,7H2,1H3. The molecule has 2 heterocycles. The smallest absolute Gasteiger partial charge is 0.189 e. The molecule has 1 aromatic carbocycles. The lowest BCUT2D eigenvalue weighted by Gasteiger charge is -2.04. The summed E-state index contributed by atoms with van der Waals surface area (Å²) in [7, 11) is 1.65. The first-order valence-electron chi connectivity index (χ1n) is 5.55. The third-order valence-electron chi connectivity index (χ3n) is 3.20. The van der Waals surface area contributed by atoms with Crippen LogP contribution < -0.4 is 4.74 Å². The number of aromatic nitrogens is 1. The third kappa shape index (κ3) is 1.63. The van der Waals surface area contributed by atoms with E-state index in [4.69, 9.17) is 4.74 Å². The first kappa shape index (κ1) is 10.1. The highest BCUT2D eigenvalue weighted by molar-refractivity contribution is 5.85. The second-order valence-corrected chi connectivity index (χ2v) is 4.21. The molecular formula is C12H13N3O2. The van der Waals surface area contributed by atoms with Gasteiger partial charge in [0, 0.05) is 17.1 Å². The van der Waals surface area contributed by atoms with Crippen LogP contribution in [0.2, 0.25) is 0 Å². The average molecular weight is 231 g/mol. The Balaban J connectivity index is 2.05. The van der Waals surface area contributed by atoms with Gasteiger partial charge in [0.05, 0.1) is 13.0 Å². The van der Waals surface area contributed by atoms with Crippen LogP contribution in [0.25, 0.3) is 10.9 Å². The summed E-state index contributed by atoms with van der Waals surface area (Å²) in [5.74, 6) is 1.00. The van der Waals surface area contributed by atoms with Crippen LogP contribution in [-0.4, -0.2) is 30.0 Å². The van der Waals surface area contributed by atoms with Gasteiger partial charge in [-0.1, -0.05) is 4.86 Å². The summed E-state index contributed by atoms with van der Waals surface area (Å²) in [6.07, 6.45) is 1.96. The summed E-state index contributed by atoms with van der Waals surface area (Å²) in [5.41, 5.74) is 2.20. The Hall–Kier alpha value is -2.04. The molecule has 0 amide bonds. The lowest BCUT2D eigenvalue weighted by molar-refractivity contribution is -0.515. The molecule has 2 aromatic rings. The van der Waals surface area contributed by atoms with Crippen LogP contribution in [0.4, 0.5) is 0 Å². The van der Waals surface area contributed by atoms with E-state index >= 15 is 0 Å². The SMILES string of the molecule is COc1ccc2[nH]cc(C3CN=[N+]([O-])C3)c2c1. The maximum Gasteiger partial charge on any atom is 0.189 e. The van der Waals surface area contributed by atoms with Crippen LogP contribution in [0.1, 0.15) is 11.5 Å². The summed E-state index contributed by atoms with van der Waals surface area (Å²) in [4.78, 5) is 3.98. The van der Waals surface area contributed by atoms with Crippen molar-refractivity contribution >= 4 is 10.9 Å². The van der Waals surface area contributed by atoms with Crippen LogP contribution in [0.5, 0.6) is 5.75 Å². The first-order chi connectivity index (χ1) is 8.28. The second-order valence-electron chi connectivity index (χ2n) is 4.21. The molecule has 1 atom stereocenters. The number of aromatic amines is 1. The minimum absolute atomic E-state index is 0.174. The summed E-state index contributed by atoms with van der Waals surface area (Å²) < 4.78 is 5.22. The van der Waals surface area contributed by atoms with Crippen molar-refractivity contribution in [2.24, 2.45) is 5.11 Å². The Morgan fingerprint density at radius 2 is 2.41 bits per heavy atom. The van der Waals surface area contributed by atoms with E-state index < -0.39 is 0 Å². The molecule has 5 nitrogen and oxygen atoms in total. The fourth-order valence-electron chi connectivity index (χ4n) is 2.28. The van der Waals surface area contributed by atoms with Gasteiger partial charge in [-0.2, -0.15) is 0 Å². The predicted molar refractivity (Wildman–Crippen MR) is 63.4 cm³/mol. The minimum Gasteiger partial charge on any atom is -0.600 e. The topological polar surface area (TPSA) is 63.4 Å². The summed E-state index contributed by atoms with van der Waals surface area (Å²) >= 11 is 0. The van der Waals surface area contributed by atoms with Crippen LogP contribution in [0, 0.1) is 5.21 Å². The molecule has 0 saturated carbocycles. The highest BCUT2D eigenvalue weighted by Gasteiger charge is 2.25. The number of nitrogens with one attached hydrogen (secondary N) is 1. The molecule has 1 N–H and O–H groups in total. The van der Waals surface area contributed by atoms with E-state index in [1.165, 1.54) is 0 Å². The molecule has 1 aliphatic heterocycles. The Bertz CT molecular complexity index is 588. The number of fused-ring (bicyclic) bond motifs is 1. The summed E-state index contributed by atoms with van der Waals surface area (Å²) in [6.45, 7) is 0.998. The lowest BCUT2D eigenvalue weighted by atomic mass is 9.99. The third-order valence-corrected chi connectivity index (χ3v) is 3.20. The number of hydroxylamine groups is 1. The summed E-state index contributed by atoms with van der Waals surface area (Å²) in [5, 5.41) is 16.1.